The fourth-order valence-electron chi connectivity index (χ4n) is 5.93. The summed E-state index contributed by atoms with van der Waals surface area (Å²) in [6.07, 6.45) is 1.71. The quantitative estimate of drug-likeness (QED) is 0.591. The predicted octanol–water partition coefficient (Wildman–Crippen LogP) is 5.24. The second-order valence-corrected chi connectivity index (χ2v) is 8.09. The molecule has 0 saturated heterocycles. The van der Waals surface area contributed by atoms with E-state index in [1.807, 2.05) is 6.07 Å². The van der Waals surface area contributed by atoms with Crippen molar-refractivity contribution in [1.82, 2.24) is 0 Å². The highest BCUT2D eigenvalue weighted by Gasteiger charge is 2.62. The van der Waals surface area contributed by atoms with Crippen molar-refractivity contribution in [3.63, 3.8) is 0 Å². The van der Waals surface area contributed by atoms with Gasteiger partial charge in [-0.1, -0.05) is 84.9 Å². The Hall–Kier alpha value is -2.87. The zero-order valence-corrected chi connectivity index (χ0v) is 16.0. The van der Waals surface area contributed by atoms with Gasteiger partial charge in [-0.3, -0.25) is 4.79 Å². The van der Waals surface area contributed by atoms with Crippen LogP contribution in [-0.2, 0) is 21.4 Å². The van der Waals surface area contributed by atoms with Gasteiger partial charge >= 0.3 is 5.97 Å². The number of rotatable bonds is 3. The van der Waals surface area contributed by atoms with Gasteiger partial charge in [0.1, 0.15) is 0 Å². The Kier molecular flexibility index (Phi) is 4.08. The number of hydrogen-bond donors (Lipinski definition) is 0. The van der Waals surface area contributed by atoms with E-state index in [9.17, 15) is 4.79 Å². The molecule has 1 fully saturated rings. The first-order valence-corrected chi connectivity index (χ1v) is 10.0. The first-order chi connectivity index (χ1) is 13.8. The summed E-state index contributed by atoms with van der Waals surface area (Å²) in [7, 11) is 1.52. The zero-order valence-electron chi connectivity index (χ0n) is 16.0. The van der Waals surface area contributed by atoms with E-state index in [0.29, 0.717) is 5.92 Å². The Morgan fingerprint density at radius 2 is 1.54 bits per heavy atom. The Bertz CT molecular complexity index is 995. The second kappa shape index (κ2) is 6.63. The molecule has 3 aromatic carbocycles. The number of ether oxygens (including phenoxy) is 1. The lowest BCUT2D eigenvalue weighted by molar-refractivity contribution is -0.147. The Morgan fingerprint density at radius 1 is 0.893 bits per heavy atom. The van der Waals surface area contributed by atoms with E-state index in [0.717, 1.165) is 12.8 Å². The molecule has 3 aromatic rings. The second-order valence-electron chi connectivity index (χ2n) is 8.09. The highest BCUT2D eigenvalue weighted by atomic mass is 16.5. The standard InChI is InChI=1S/C26H24O2/c1-28-25(27)23-16-22(18-10-4-2-5-11-18)24-21-15-9-8-12-19(21)17-26(23,24)20-13-6-3-7-14-20/h2-15,22-24H,16-17H2,1H3/t22?,23?,24-,26+/m0/s1. The molecular formula is C26H24O2. The fourth-order valence-corrected chi connectivity index (χ4v) is 5.93. The van der Waals surface area contributed by atoms with Gasteiger partial charge in [0.15, 0.2) is 0 Å². The van der Waals surface area contributed by atoms with Gasteiger partial charge in [-0.05, 0) is 41.0 Å². The highest BCUT2D eigenvalue weighted by molar-refractivity contribution is 5.77. The molecule has 0 bridgehead atoms. The van der Waals surface area contributed by atoms with E-state index >= 15 is 0 Å². The predicted molar refractivity (Wildman–Crippen MR) is 110 cm³/mol. The minimum absolute atomic E-state index is 0.0832. The van der Waals surface area contributed by atoms with E-state index in [1.165, 1.54) is 29.4 Å². The van der Waals surface area contributed by atoms with Crippen LogP contribution in [0, 0.1) is 5.92 Å². The maximum atomic E-state index is 13.0. The molecule has 2 heteroatoms. The molecule has 0 aliphatic heterocycles. The Labute approximate surface area is 166 Å². The van der Waals surface area contributed by atoms with E-state index in [2.05, 4.69) is 78.9 Å². The van der Waals surface area contributed by atoms with Gasteiger partial charge in [0.25, 0.3) is 0 Å². The number of methoxy groups -OCH3 is 1. The lowest BCUT2D eigenvalue weighted by atomic mass is 9.66. The molecule has 4 atom stereocenters. The van der Waals surface area contributed by atoms with Crippen LogP contribution >= 0.6 is 0 Å². The number of hydrogen-bond acceptors (Lipinski definition) is 2. The molecule has 2 aliphatic carbocycles. The lowest BCUT2D eigenvalue weighted by Gasteiger charge is -2.36. The van der Waals surface area contributed by atoms with Crippen LogP contribution in [-0.4, -0.2) is 13.1 Å². The van der Waals surface area contributed by atoms with Gasteiger partial charge in [-0.2, -0.15) is 0 Å². The van der Waals surface area contributed by atoms with Crippen LogP contribution in [0.25, 0.3) is 0 Å². The summed E-state index contributed by atoms with van der Waals surface area (Å²) in [6.45, 7) is 0. The molecule has 5 rings (SSSR count). The number of fused-ring (bicyclic) bond motifs is 3. The molecule has 1 saturated carbocycles. The maximum Gasteiger partial charge on any atom is 0.309 e. The SMILES string of the molecule is COC(=O)C1CC(c2ccccc2)[C@@H]2c3ccccc3C[C@@]12c1ccccc1. The lowest BCUT2D eigenvalue weighted by Crippen LogP contribution is -2.39. The van der Waals surface area contributed by atoms with Gasteiger partial charge in [0.2, 0.25) is 0 Å². The van der Waals surface area contributed by atoms with Crippen molar-refractivity contribution in [2.75, 3.05) is 7.11 Å². The average molecular weight is 368 g/mol. The minimum atomic E-state index is -0.251. The van der Waals surface area contributed by atoms with E-state index in [1.54, 1.807) is 0 Å². The first-order valence-electron chi connectivity index (χ1n) is 10.0. The van der Waals surface area contributed by atoms with Crippen molar-refractivity contribution < 1.29 is 9.53 Å². The number of carbonyl (C=O) groups is 1. The van der Waals surface area contributed by atoms with E-state index in [4.69, 9.17) is 4.74 Å². The number of esters is 1. The molecule has 2 unspecified atom stereocenters. The van der Waals surface area contributed by atoms with Crippen LogP contribution < -0.4 is 0 Å². The van der Waals surface area contributed by atoms with E-state index in [-0.39, 0.29) is 23.2 Å². The van der Waals surface area contributed by atoms with Crippen LogP contribution in [0.5, 0.6) is 0 Å². The third-order valence-electron chi connectivity index (χ3n) is 6.97. The highest BCUT2D eigenvalue weighted by Crippen LogP contribution is 2.66. The monoisotopic (exact) mass is 368 g/mol. The molecule has 0 aromatic heterocycles. The first kappa shape index (κ1) is 17.2. The smallest absolute Gasteiger partial charge is 0.309 e. The van der Waals surface area contributed by atoms with Crippen LogP contribution in [0.2, 0.25) is 0 Å². The molecule has 0 heterocycles. The van der Waals surface area contributed by atoms with Gasteiger partial charge in [-0.25, -0.2) is 0 Å². The third kappa shape index (κ3) is 2.37. The molecular weight excluding hydrogens is 344 g/mol. The summed E-state index contributed by atoms with van der Waals surface area (Å²) in [5, 5.41) is 0. The molecule has 2 nitrogen and oxygen atoms in total. The Balaban J connectivity index is 1.76. The largest absolute Gasteiger partial charge is 0.469 e. The van der Waals surface area contributed by atoms with Crippen LogP contribution in [0.3, 0.4) is 0 Å². The summed E-state index contributed by atoms with van der Waals surface area (Å²) in [6, 6.07) is 30.1. The summed E-state index contributed by atoms with van der Waals surface area (Å²) >= 11 is 0. The Morgan fingerprint density at radius 3 is 2.25 bits per heavy atom. The molecule has 2 aliphatic rings. The molecule has 140 valence electrons. The number of carbonyl (C=O) groups excluding carboxylic acids is 1. The van der Waals surface area contributed by atoms with Crippen molar-refractivity contribution >= 4 is 5.97 Å². The summed E-state index contributed by atoms with van der Waals surface area (Å²) in [5.74, 6) is 0.342. The fraction of sp³-hybridized carbons (Fsp3) is 0.269. The van der Waals surface area contributed by atoms with Crippen molar-refractivity contribution in [3.8, 4) is 0 Å². The van der Waals surface area contributed by atoms with Crippen LogP contribution in [0.1, 0.15) is 40.5 Å². The van der Waals surface area contributed by atoms with Gasteiger partial charge in [-0.15, -0.1) is 0 Å². The van der Waals surface area contributed by atoms with E-state index < -0.39 is 0 Å². The van der Waals surface area contributed by atoms with Crippen LogP contribution in [0.15, 0.2) is 84.9 Å². The third-order valence-corrected chi connectivity index (χ3v) is 6.97. The van der Waals surface area contributed by atoms with Gasteiger partial charge < -0.3 is 4.74 Å². The topological polar surface area (TPSA) is 26.3 Å². The molecule has 0 radical (unpaired) electrons. The van der Waals surface area contributed by atoms with Gasteiger partial charge in [0.05, 0.1) is 13.0 Å². The molecule has 0 spiro atoms. The van der Waals surface area contributed by atoms with Crippen molar-refractivity contribution in [2.45, 2.75) is 30.1 Å². The number of benzene rings is 3. The van der Waals surface area contributed by atoms with Crippen molar-refractivity contribution in [1.29, 1.82) is 0 Å². The summed E-state index contributed by atoms with van der Waals surface area (Å²) in [5.41, 5.74) is 5.08. The molecule has 28 heavy (non-hydrogen) atoms. The molecule has 0 amide bonds. The summed E-state index contributed by atoms with van der Waals surface area (Å²) < 4.78 is 5.33. The minimum Gasteiger partial charge on any atom is -0.469 e. The maximum absolute atomic E-state index is 13.0. The van der Waals surface area contributed by atoms with Crippen molar-refractivity contribution in [2.24, 2.45) is 5.92 Å². The average Bonchev–Trinajstić information content (AvgIpc) is 3.28. The summed E-state index contributed by atoms with van der Waals surface area (Å²) in [4.78, 5) is 13.0. The molecule has 0 N–H and O–H groups in total. The van der Waals surface area contributed by atoms with Gasteiger partial charge in [0, 0.05) is 11.3 Å². The van der Waals surface area contributed by atoms with Crippen LogP contribution in [0.4, 0.5) is 0 Å². The zero-order chi connectivity index (χ0) is 19.1. The van der Waals surface area contributed by atoms with Crippen molar-refractivity contribution in [3.05, 3.63) is 107 Å². The normalized spacial score (nSPS) is 27.8.